The molecule has 18 heavy (non-hydrogen) atoms. The van der Waals surface area contributed by atoms with Crippen molar-refractivity contribution in [2.75, 3.05) is 0 Å². The standard InChI is InChI=1S/C14H8N2O2/c17-11-5-12(18)13-8-3-1-2-4-10(8)16-7-15-6-9(11)14(13)16/h1-4,6-7H,5H2. The number of carbonyl (C=O) groups excluding carboxylic acids is 2. The van der Waals surface area contributed by atoms with Crippen molar-refractivity contribution in [2.24, 2.45) is 0 Å². The summed E-state index contributed by atoms with van der Waals surface area (Å²) >= 11 is 0. The summed E-state index contributed by atoms with van der Waals surface area (Å²) in [5, 5.41) is 0.893. The summed E-state index contributed by atoms with van der Waals surface area (Å²) in [6, 6.07) is 7.65. The van der Waals surface area contributed by atoms with Gasteiger partial charge in [-0.05, 0) is 6.07 Å². The second kappa shape index (κ2) is 3.04. The summed E-state index contributed by atoms with van der Waals surface area (Å²) in [5.41, 5.74) is 2.82. The number of para-hydroxylation sites is 1. The molecule has 1 aromatic carbocycles. The molecular formula is C14H8N2O2. The van der Waals surface area contributed by atoms with Crippen molar-refractivity contribution in [3.8, 4) is 0 Å². The molecule has 0 spiro atoms. The van der Waals surface area contributed by atoms with Gasteiger partial charge < -0.3 is 0 Å². The molecule has 0 aliphatic heterocycles. The highest BCUT2D eigenvalue weighted by Crippen LogP contribution is 2.33. The van der Waals surface area contributed by atoms with Crippen molar-refractivity contribution in [3.05, 3.63) is 47.9 Å². The summed E-state index contributed by atoms with van der Waals surface area (Å²) in [5.74, 6) is -0.245. The van der Waals surface area contributed by atoms with Gasteiger partial charge in [0.05, 0.1) is 34.9 Å². The average molecular weight is 236 g/mol. The van der Waals surface area contributed by atoms with Crippen molar-refractivity contribution in [2.45, 2.75) is 6.42 Å². The number of fused-ring (bicyclic) bond motifs is 3. The summed E-state index contributed by atoms with van der Waals surface area (Å²) in [6.45, 7) is 0. The van der Waals surface area contributed by atoms with Gasteiger partial charge in [0.2, 0.25) is 0 Å². The van der Waals surface area contributed by atoms with E-state index < -0.39 is 0 Å². The molecule has 4 rings (SSSR count). The Kier molecular flexibility index (Phi) is 1.61. The third kappa shape index (κ3) is 0.977. The summed E-state index contributed by atoms with van der Waals surface area (Å²) in [6.07, 6.45) is 3.14. The summed E-state index contributed by atoms with van der Waals surface area (Å²) in [7, 11) is 0. The van der Waals surface area contributed by atoms with Gasteiger partial charge in [0.25, 0.3) is 0 Å². The lowest BCUT2D eigenvalue weighted by molar-refractivity contribution is 0.0890. The van der Waals surface area contributed by atoms with Gasteiger partial charge in [-0.1, -0.05) is 18.2 Å². The number of carbonyl (C=O) groups is 2. The predicted octanol–water partition coefficient (Wildman–Crippen LogP) is 2.26. The molecule has 0 saturated carbocycles. The number of rotatable bonds is 0. The van der Waals surface area contributed by atoms with Gasteiger partial charge in [0.1, 0.15) is 0 Å². The second-order valence-electron chi connectivity index (χ2n) is 4.44. The van der Waals surface area contributed by atoms with Crippen molar-refractivity contribution in [3.63, 3.8) is 0 Å². The molecule has 0 saturated heterocycles. The molecule has 1 aliphatic carbocycles. The van der Waals surface area contributed by atoms with Crippen LogP contribution in [0.2, 0.25) is 0 Å². The van der Waals surface area contributed by atoms with Crippen LogP contribution in [0.5, 0.6) is 0 Å². The number of Topliss-reactive ketones (excluding diaryl/α,β-unsaturated/α-hetero) is 2. The van der Waals surface area contributed by atoms with E-state index in [4.69, 9.17) is 0 Å². The third-order valence-electron chi connectivity index (χ3n) is 3.45. The Morgan fingerprint density at radius 2 is 1.94 bits per heavy atom. The van der Waals surface area contributed by atoms with E-state index >= 15 is 0 Å². The van der Waals surface area contributed by atoms with Crippen LogP contribution in [0.1, 0.15) is 27.1 Å². The SMILES string of the molecule is O=C1CC(=O)c2c3ccccc3n3cncc1c23. The normalized spacial score (nSPS) is 14.7. The first kappa shape index (κ1) is 9.53. The molecule has 3 aromatic rings. The molecule has 0 N–H and O–H groups in total. The van der Waals surface area contributed by atoms with Crippen LogP contribution in [-0.2, 0) is 0 Å². The van der Waals surface area contributed by atoms with E-state index in [1.54, 1.807) is 12.5 Å². The first-order valence-corrected chi connectivity index (χ1v) is 5.70. The smallest absolute Gasteiger partial charge is 0.174 e. The Morgan fingerprint density at radius 1 is 1.11 bits per heavy atom. The number of hydrogen-bond donors (Lipinski definition) is 0. The van der Waals surface area contributed by atoms with E-state index in [2.05, 4.69) is 4.98 Å². The molecule has 0 radical (unpaired) electrons. The van der Waals surface area contributed by atoms with Crippen molar-refractivity contribution < 1.29 is 9.59 Å². The largest absolute Gasteiger partial charge is 0.299 e. The van der Waals surface area contributed by atoms with Crippen molar-refractivity contribution >= 4 is 28.0 Å². The summed E-state index contributed by atoms with van der Waals surface area (Å²) < 4.78 is 1.83. The quantitative estimate of drug-likeness (QED) is 0.562. The molecule has 1 aliphatic rings. The zero-order chi connectivity index (χ0) is 12.3. The van der Waals surface area contributed by atoms with Gasteiger partial charge in [0.15, 0.2) is 11.6 Å². The average Bonchev–Trinajstić information content (AvgIpc) is 2.72. The minimum absolute atomic E-state index is 0.0532. The molecule has 2 aromatic heterocycles. The summed E-state index contributed by atoms with van der Waals surface area (Å²) in [4.78, 5) is 28.1. The minimum Gasteiger partial charge on any atom is -0.299 e. The van der Waals surface area contributed by atoms with Gasteiger partial charge in [-0.2, -0.15) is 0 Å². The van der Waals surface area contributed by atoms with E-state index in [0.717, 1.165) is 10.9 Å². The molecule has 0 atom stereocenters. The fourth-order valence-electron chi connectivity index (χ4n) is 2.70. The Hall–Kier alpha value is -2.49. The van der Waals surface area contributed by atoms with Gasteiger partial charge in [-0.3, -0.25) is 14.0 Å². The number of nitrogens with zero attached hydrogens (tertiary/aromatic N) is 2. The first-order valence-electron chi connectivity index (χ1n) is 5.70. The van der Waals surface area contributed by atoms with E-state index in [-0.39, 0.29) is 18.0 Å². The number of aromatic nitrogens is 2. The number of hydrogen-bond acceptors (Lipinski definition) is 3. The molecule has 0 fully saturated rings. The lowest BCUT2D eigenvalue weighted by Gasteiger charge is -2.10. The zero-order valence-electron chi connectivity index (χ0n) is 9.38. The fraction of sp³-hybridized carbons (Fsp3) is 0.0714. The molecule has 0 bridgehead atoms. The van der Waals surface area contributed by atoms with E-state index in [9.17, 15) is 9.59 Å². The van der Waals surface area contributed by atoms with Crippen molar-refractivity contribution in [1.82, 2.24) is 9.38 Å². The molecule has 86 valence electrons. The van der Waals surface area contributed by atoms with Gasteiger partial charge in [-0.25, -0.2) is 4.98 Å². The van der Waals surface area contributed by atoms with Crippen LogP contribution >= 0.6 is 0 Å². The highest BCUT2D eigenvalue weighted by Gasteiger charge is 2.29. The lowest BCUT2D eigenvalue weighted by Crippen LogP contribution is -2.16. The maximum Gasteiger partial charge on any atom is 0.174 e. The van der Waals surface area contributed by atoms with Crippen molar-refractivity contribution in [1.29, 1.82) is 0 Å². The zero-order valence-corrected chi connectivity index (χ0v) is 9.38. The number of benzene rings is 1. The first-order chi connectivity index (χ1) is 8.77. The van der Waals surface area contributed by atoms with Crippen LogP contribution in [-0.4, -0.2) is 21.0 Å². The van der Waals surface area contributed by atoms with Crippen LogP contribution in [0.3, 0.4) is 0 Å². The van der Waals surface area contributed by atoms with E-state index in [1.165, 1.54) is 0 Å². The second-order valence-corrected chi connectivity index (χ2v) is 4.44. The maximum absolute atomic E-state index is 12.1. The Labute approximate surface area is 102 Å². The van der Waals surface area contributed by atoms with Crippen LogP contribution in [0, 0.1) is 0 Å². The van der Waals surface area contributed by atoms with Crippen LogP contribution < -0.4 is 0 Å². The minimum atomic E-state index is -0.145. The van der Waals surface area contributed by atoms with Crippen LogP contribution in [0.4, 0.5) is 0 Å². The molecule has 2 heterocycles. The molecule has 0 amide bonds. The van der Waals surface area contributed by atoms with E-state index in [1.807, 2.05) is 28.7 Å². The Morgan fingerprint density at radius 3 is 2.83 bits per heavy atom. The van der Waals surface area contributed by atoms with Gasteiger partial charge in [0, 0.05) is 11.6 Å². The fourth-order valence-corrected chi connectivity index (χ4v) is 2.70. The predicted molar refractivity (Wildman–Crippen MR) is 66.0 cm³/mol. The molecular weight excluding hydrogens is 228 g/mol. The highest BCUT2D eigenvalue weighted by atomic mass is 16.1. The Balaban J connectivity index is 2.39. The maximum atomic E-state index is 12.1. The topological polar surface area (TPSA) is 51.4 Å². The van der Waals surface area contributed by atoms with Gasteiger partial charge in [-0.15, -0.1) is 0 Å². The highest BCUT2D eigenvalue weighted by molar-refractivity contribution is 6.28. The van der Waals surface area contributed by atoms with Crippen LogP contribution in [0.25, 0.3) is 16.4 Å². The molecule has 4 heteroatoms. The molecule has 4 nitrogen and oxygen atoms in total. The monoisotopic (exact) mass is 236 g/mol. The Bertz CT molecular complexity index is 845. The van der Waals surface area contributed by atoms with E-state index in [0.29, 0.717) is 16.6 Å². The lowest BCUT2D eigenvalue weighted by atomic mass is 9.93. The van der Waals surface area contributed by atoms with Crippen LogP contribution in [0.15, 0.2) is 36.8 Å². The number of ketones is 2. The third-order valence-corrected chi connectivity index (χ3v) is 3.45. The van der Waals surface area contributed by atoms with Gasteiger partial charge >= 0.3 is 0 Å². The molecule has 0 unspecified atom stereocenters.